The van der Waals surface area contributed by atoms with Crippen molar-refractivity contribution in [1.82, 2.24) is 15.2 Å². The zero-order chi connectivity index (χ0) is 22.0. The number of rotatable bonds is 5. The average Bonchev–Trinajstić information content (AvgIpc) is 3.45. The quantitative estimate of drug-likeness (QED) is 0.605. The van der Waals surface area contributed by atoms with Crippen LogP contribution in [-0.4, -0.2) is 34.8 Å². The molecule has 31 heavy (non-hydrogen) atoms. The van der Waals surface area contributed by atoms with Gasteiger partial charge in [0.1, 0.15) is 0 Å². The van der Waals surface area contributed by atoms with Gasteiger partial charge in [0.25, 0.3) is 11.8 Å². The Morgan fingerprint density at radius 1 is 1.00 bits per heavy atom. The second-order valence-electron chi connectivity index (χ2n) is 8.15. The summed E-state index contributed by atoms with van der Waals surface area (Å²) in [5.41, 5.74) is 4.91. The maximum Gasteiger partial charge on any atom is 0.253 e. The number of nitrogens with one attached hydrogen (secondary N) is 1. The lowest BCUT2D eigenvalue weighted by Crippen LogP contribution is -2.29. The van der Waals surface area contributed by atoms with Gasteiger partial charge in [0.15, 0.2) is 0 Å². The van der Waals surface area contributed by atoms with E-state index in [-0.39, 0.29) is 17.9 Å². The van der Waals surface area contributed by atoms with Gasteiger partial charge in [-0.05, 0) is 62.9 Å². The van der Waals surface area contributed by atoms with E-state index in [0.29, 0.717) is 11.1 Å². The van der Waals surface area contributed by atoms with Crippen LogP contribution in [0.2, 0.25) is 0 Å². The lowest BCUT2D eigenvalue weighted by atomic mass is 9.98. The van der Waals surface area contributed by atoms with Crippen LogP contribution in [0.4, 0.5) is 0 Å². The van der Waals surface area contributed by atoms with E-state index in [1.54, 1.807) is 17.4 Å². The summed E-state index contributed by atoms with van der Waals surface area (Å²) in [6.45, 7) is 7.46. The Morgan fingerprint density at radius 3 is 2.32 bits per heavy atom. The van der Waals surface area contributed by atoms with Crippen molar-refractivity contribution >= 4 is 23.2 Å². The summed E-state index contributed by atoms with van der Waals surface area (Å²) in [4.78, 5) is 32.5. The van der Waals surface area contributed by atoms with Crippen molar-refractivity contribution in [2.75, 3.05) is 13.1 Å². The highest BCUT2D eigenvalue weighted by molar-refractivity contribution is 7.09. The Kier molecular flexibility index (Phi) is 6.18. The highest BCUT2D eigenvalue weighted by Gasteiger charge is 2.22. The fraction of sp³-hybridized carbons (Fsp3) is 0.320. The molecule has 160 valence electrons. The molecule has 1 aliphatic rings. The predicted octanol–water partition coefficient (Wildman–Crippen LogP) is 5.15. The number of benzene rings is 2. The van der Waals surface area contributed by atoms with Crippen LogP contribution in [0.15, 0.2) is 47.8 Å². The molecule has 5 nitrogen and oxygen atoms in total. The van der Waals surface area contributed by atoms with Gasteiger partial charge in [0.2, 0.25) is 0 Å². The van der Waals surface area contributed by atoms with Crippen LogP contribution in [0, 0.1) is 13.8 Å². The van der Waals surface area contributed by atoms with Crippen molar-refractivity contribution in [3.05, 3.63) is 75.2 Å². The highest BCUT2D eigenvalue weighted by atomic mass is 32.1. The largest absolute Gasteiger partial charge is 0.344 e. The lowest BCUT2D eigenvalue weighted by molar-refractivity contribution is 0.0793. The molecule has 0 bridgehead atoms. The first kappa shape index (κ1) is 21.2. The molecule has 1 unspecified atom stereocenters. The maximum absolute atomic E-state index is 13.1. The van der Waals surface area contributed by atoms with Crippen LogP contribution in [0.25, 0.3) is 11.1 Å². The first-order chi connectivity index (χ1) is 14.9. The molecule has 1 aromatic heterocycles. The smallest absolute Gasteiger partial charge is 0.253 e. The standard InChI is InChI=1S/C25H27N3O2S/c1-16-6-8-19(9-7-16)20-12-21(14-22(13-20)25(30)28-10-4-5-11-28)24(29)26-17(2)23-15-31-18(3)27-23/h6-9,12-15,17H,4-5,10-11H2,1-3H3,(H,26,29). The van der Waals surface area contributed by atoms with Gasteiger partial charge < -0.3 is 10.2 Å². The molecule has 1 atom stereocenters. The van der Waals surface area contributed by atoms with Gasteiger partial charge in [-0.15, -0.1) is 11.3 Å². The molecule has 2 amide bonds. The van der Waals surface area contributed by atoms with E-state index in [9.17, 15) is 9.59 Å². The van der Waals surface area contributed by atoms with Crippen molar-refractivity contribution in [3.8, 4) is 11.1 Å². The van der Waals surface area contributed by atoms with Crippen LogP contribution >= 0.6 is 11.3 Å². The summed E-state index contributed by atoms with van der Waals surface area (Å²) in [5.74, 6) is -0.216. The zero-order valence-electron chi connectivity index (χ0n) is 18.1. The molecular weight excluding hydrogens is 406 g/mol. The highest BCUT2D eigenvalue weighted by Crippen LogP contribution is 2.25. The Hall–Kier alpha value is -2.99. The van der Waals surface area contributed by atoms with Crippen molar-refractivity contribution in [1.29, 1.82) is 0 Å². The lowest BCUT2D eigenvalue weighted by Gasteiger charge is -2.18. The molecule has 4 rings (SSSR count). The van der Waals surface area contributed by atoms with Crippen LogP contribution in [0.3, 0.4) is 0 Å². The monoisotopic (exact) mass is 433 g/mol. The SMILES string of the molecule is Cc1ccc(-c2cc(C(=O)NC(C)c3csc(C)n3)cc(C(=O)N3CCCC3)c2)cc1. The number of aromatic nitrogens is 1. The number of thiazole rings is 1. The van der Waals surface area contributed by atoms with Crippen molar-refractivity contribution < 1.29 is 9.59 Å². The van der Waals surface area contributed by atoms with Gasteiger partial charge in [-0.3, -0.25) is 9.59 Å². The van der Waals surface area contributed by atoms with E-state index >= 15 is 0 Å². The molecule has 3 aromatic rings. The van der Waals surface area contributed by atoms with E-state index < -0.39 is 0 Å². The van der Waals surface area contributed by atoms with Crippen LogP contribution in [0.1, 0.15) is 62.8 Å². The molecule has 0 saturated carbocycles. The van der Waals surface area contributed by atoms with Crippen molar-refractivity contribution in [2.24, 2.45) is 0 Å². The van der Waals surface area contributed by atoms with E-state index in [4.69, 9.17) is 0 Å². The number of hydrogen-bond acceptors (Lipinski definition) is 4. The van der Waals surface area contributed by atoms with E-state index in [2.05, 4.69) is 10.3 Å². The normalized spacial score (nSPS) is 14.5. The van der Waals surface area contributed by atoms with Crippen molar-refractivity contribution in [3.63, 3.8) is 0 Å². The molecule has 0 radical (unpaired) electrons. The molecule has 1 N–H and O–H groups in total. The third-order valence-electron chi connectivity index (χ3n) is 5.65. The fourth-order valence-electron chi connectivity index (χ4n) is 3.83. The predicted molar refractivity (Wildman–Crippen MR) is 124 cm³/mol. The summed E-state index contributed by atoms with van der Waals surface area (Å²) >= 11 is 1.56. The topological polar surface area (TPSA) is 62.3 Å². The third kappa shape index (κ3) is 4.85. The second-order valence-corrected chi connectivity index (χ2v) is 9.21. The van der Waals surface area contributed by atoms with Gasteiger partial charge in [0, 0.05) is 29.6 Å². The minimum absolute atomic E-state index is 0.0105. The minimum Gasteiger partial charge on any atom is -0.344 e. The molecule has 1 saturated heterocycles. The molecule has 6 heteroatoms. The molecule has 2 aromatic carbocycles. The van der Waals surface area contributed by atoms with E-state index in [1.807, 2.05) is 67.4 Å². The Bertz CT molecular complexity index is 1100. The van der Waals surface area contributed by atoms with E-state index in [1.165, 1.54) is 5.56 Å². The Balaban J connectivity index is 1.67. The number of carbonyl (C=O) groups is 2. The van der Waals surface area contributed by atoms with Gasteiger partial charge >= 0.3 is 0 Å². The van der Waals surface area contributed by atoms with Crippen LogP contribution in [0.5, 0.6) is 0 Å². The van der Waals surface area contributed by atoms with Gasteiger partial charge in [-0.1, -0.05) is 29.8 Å². The Labute approximate surface area is 187 Å². The van der Waals surface area contributed by atoms with E-state index in [0.717, 1.165) is 47.8 Å². The maximum atomic E-state index is 13.1. The summed E-state index contributed by atoms with van der Waals surface area (Å²) in [6.07, 6.45) is 2.06. The number of carbonyl (C=O) groups excluding carboxylic acids is 2. The number of amides is 2. The second kappa shape index (κ2) is 9.02. The molecule has 0 aliphatic carbocycles. The number of nitrogens with zero attached hydrogens (tertiary/aromatic N) is 2. The van der Waals surface area contributed by atoms with Gasteiger partial charge in [0.05, 0.1) is 16.7 Å². The molecule has 0 spiro atoms. The first-order valence-corrected chi connectivity index (χ1v) is 11.5. The minimum atomic E-state index is -0.210. The summed E-state index contributed by atoms with van der Waals surface area (Å²) < 4.78 is 0. The number of likely N-dealkylation sites (tertiary alicyclic amines) is 1. The molecule has 1 fully saturated rings. The molecule has 1 aliphatic heterocycles. The first-order valence-electron chi connectivity index (χ1n) is 10.6. The zero-order valence-corrected chi connectivity index (χ0v) is 19.0. The summed E-state index contributed by atoms with van der Waals surface area (Å²) in [5, 5.41) is 5.96. The van der Waals surface area contributed by atoms with Crippen LogP contribution in [-0.2, 0) is 0 Å². The third-order valence-corrected chi connectivity index (χ3v) is 6.44. The van der Waals surface area contributed by atoms with Crippen molar-refractivity contribution in [2.45, 2.75) is 39.7 Å². The summed E-state index contributed by atoms with van der Waals surface area (Å²) in [6, 6.07) is 13.4. The van der Waals surface area contributed by atoms with Gasteiger partial charge in [-0.2, -0.15) is 0 Å². The Morgan fingerprint density at radius 2 is 1.68 bits per heavy atom. The molecular formula is C25H27N3O2S. The average molecular weight is 434 g/mol. The number of hydrogen-bond donors (Lipinski definition) is 1. The number of aryl methyl sites for hydroxylation is 2. The summed E-state index contributed by atoms with van der Waals surface area (Å²) in [7, 11) is 0. The van der Waals surface area contributed by atoms with Crippen LogP contribution < -0.4 is 5.32 Å². The van der Waals surface area contributed by atoms with Gasteiger partial charge in [-0.25, -0.2) is 4.98 Å². The fourth-order valence-corrected chi connectivity index (χ4v) is 4.54. The molecule has 2 heterocycles.